The van der Waals surface area contributed by atoms with Crippen LogP contribution in [-0.2, 0) is 0 Å². The summed E-state index contributed by atoms with van der Waals surface area (Å²) in [7, 11) is 0. The highest BCUT2D eigenvalue weighted by molar-refractivity contribution is 7.80. The fourth-order valence-electron chi connectivity index (χ4n) is 1.11. The van der Waals surface area contributed by atoms with Gasteiger partial charge < -0.3 is 0 Å². The van der Waals surface area contributed by atoms with Crippen LogP contribution in [0.15, 0.2) is 30.3 Å². The molecule has 1 rings (SSSR count). The first-order valence-corrected chi connectivity index (χ1v) is 4.83. The molecule has 0 unspecified atom stereocenters. The van der Waals surface area contributed by atoms with Gasteiger partial charge in [0.2, 0.25) is 0 Å². The molecule has 0 atom stereocenters. The molecule has 1 heteroatoms. The minimum atomic E-state index is 1.05. The summed E-state index contributed by atoms with van der Waals surface area (Å²) in [6.45, 7) is 2.19. The SMILES string of the molecule is CCCCC(=S)c1ccccc1. The van der Waals surface area contributed by atoms with Gasteiger partial charge in [0.15, 0.2) is 0 Å². The van der Waals surface area contributed by atoms with Crippen molar-refractivity contribution in [3.05, 3.63) is 35.9 Å². The maximum Gasteiger partial charge on any atom is 0.0224 e. The minimum absolute atomic E-state index is 1.05. The molecular formula is C11H14S. The summed E-state index contributed by atoms with van der Waals surface area (Å²) in [5, 5.41) is 0. The van der Waals surface area contributed by atoms with Crippen LogP contribution in [0.2, 0.25) is 0 Å². The molecule has 0 saturated heterocycles. The first-order chi connectivity index (χ1) is 5.84. The van der Waals surface area contributed by atoms with Crippen LogP contribution in [0.3, 0.4) is 0 Å². The van der Waals surface area contributed by atoms with Gasteiger partial charge in [-0.05, 0) is 18.4 Å². The highest BCUT2D eigenvalue weighted by Gasteiger charge is 1.97. The van der Waals surface area contributed by atoms with Gasteiger partial charge in [0.25, 0.3) is 0 Å². The third-order valence-electron chi connectivity index (χ3n) is 1.85. The quantitative estimate of drug-likeness (QED) is 0.501. The molecule has 0 saturated carbocycles. The summed E-state index contributed by atoms with van der Waals surface area (Å²) in [6.07, 6.45) is 3.47. The molecule has 0 radical (unpaired) electrons. The van der Waals surface area contributed by atoms with E-state index in [0.29, 0.717) is 0 Å². The number of hydrogen-bond acceptors (Lipinski definition) is 1. The average Bonchev–Trinajstić information content (AvgIpc) is 2.15. The molecule has 1 aromatic carbocycles. The summed E-state index contributed by atoms with van der Waals surface area (Å²) < 4.78 is 0. The first-order valence-electron chi connectivity index (χ1n) is 4.43. The minimum Gasteiger partial charge on any atom is -0.0843 e. The number of hydrogen-bond donors (Lipinski definition) is 0. The van der Waals surface area contributed by atoms with E-state index in [2.05, 4.69) is 19.1 Å². The van der Waals surface area contributed by atoms with Crippen molar-refractivity contribution < 1.29 is 0 Å². The maximum atomic E-state index is 5.29. The Balaban J connectivity index is 2.54. The molecule has 64 valence electrons. The van der Waals surface area contributed by atoms with Crippen molar-refractivity contribution in [1.29, 1.82) is 0 Å². The fraction of sp³-hybridized carbons (Fsp3) is 0.364. The van der Waals surface area contributed by atoms with Crippen molar-refractivity contribution in [2.45, 2.75) is 26.2 Å². The lowest BCUT2D eigenvalue weighted by molar-refractivity contribution is 0.841. The third-order valence-corrected chi connectivity index (χ3v) is 2.29. The van der Waals surface area contributed by atoms with E-state index in [-0.39, 0.29) is 0 Å². The van der Waals surface area contributed by atoms with Gasteiger partial charge in [-0.3, -0.25) is 0 Å². The first kappa shape index (κ1) is 9.40. The van der Waals surface area contributed by atoms with Crippen molar-refractivity contribution in [2.24, 2.45) is 0 Å². The van der Waals surface area contributed by atoms with Gasteiger partial charge in [-0.1, -0.05) is 55.9 Å². The number of rotatable bonds is 4. The Labute approximate surface area is 79.6 Å². The Morgan fingerprint density at radius 3 is 2.50 bits per heavy atom. The fourth-order valence-corrected chi connectivity index (χ4v) is 1.39. The van der Waals surface area contributed by atoms with E-state index < -0.39 is 0 Å². The van der Waals surface area contributed by atoms with Gasteiger partial charge in [-0.2, -0.15) is 0 Å². The van der Waals surface area contributed by atoms with E-state index in [1.807, 2.05) is 18.2 Å². The van der Waals surface area contributed by atoms with Crippen LogP contribution in [0.5, 0.6) is 0 Å². The molecule has 0 heterocycles. The lowest BCUT2D eigenvalue weighted by Crippen LogP contribution is -1.95. The van der Waals surface area contributed by atoms with Crippen molar-refractivity contribution in [2.75, 3.05) is 0 Å². The van der Waals surface area contributed by atoms with Crippen molar-refractivity contribution in [1.82, 2.24) is 0 Å². The summed E-state index contributed by atoms with van der Waals surface area (Å²) in [4.78, 5) is 1.09. The zero-order chi connectivity index (χ0) is 8.81. The van der Waals surface area contributed by atoms with Gasteiger partial charge in [-0.25, -0.2) is 0 Å². The second kappa shape index (κ2) is 5.04. The van der Waals surface area contributed by atoms with Crippen molar-refractivity contribution >= 4 is 17.1 Å². The Hall–Kier alpha value is -0.690. The van der Waals surface area contributed by atoms with E-state index in [1.54, 1.807) is 0 Å². The van der Waals surface area contributed by atoms with E-state index in [0.717, 1.165) is 11.3 Å². The normalized spacial score (nSPS) is 9.75. The number of unbranched alkanes of at least 4 members (excludes halogenated alkanes) is 1. The van der Waals surface area contributed by atoms with Crippen LogP contribution in [0.25, 0.3) is 0 Å². The maximum absolute atomic E-state index is 5.29. The molecule has 12 heavy (non-hydrogen) atoms. The second-order valence-corrected chi connectivity index (χ2v) is 3.39. The van der Waals surface area contributed by atoms with Crippen LogP contribution >= 0.6 is 12.2 Å². The summed E-state index contributed by atoms with van der Waals surface area (Å²) in [5.74, 6) is 0. The molecule has 0 amide bonds. The highest BCUT2D eigenvalue weighted by Crippen LogP contribution is 2.07. The Morgan fingerprint density at radius 1 is 1.25 bits per heavy atom. The van der Waals surface area contributed by atoms with Gasteiger partial charge in [0, 0.05) is 4.86 Å². The predicted octanol–water partition coefficient (Wildman–Crippen LogP) is 3.59. The third kappa shape index (κ3) is 2.74. The zero-order valence-electron chi connectivity index (χ0n) is 7.42. The molecule has 0 nitrogen and oxygen atoms in total. The second-order valence-electron chi connectivity index (χ2n) is 2.89. The lowest BCUT2D eigenvalue weighted by Gasteiger charge is -2.01. The smallest absolute Gasteiger partial charge is 0.0224 e. The van der Waals surface area contributed by atoms with E-state index in [4.69, 9.17) is 12.2 Å². The molecule has 0 aliphatic carbocycles. The largest absolute Gasteiger partial charge is 0.0843 e. The van der Waals surface area contributed by atoms with Gasteiger partial charge in [-0.15, -0.1) is 0 Å². The molecule has 0 fully saturated rings. The zero-order valence-corrected chi connectivity index (χ0v) is 8.23. The van der Waals surface area contributed by atoms with E-state index >= 15 is 0 Å². The summed E-state index contributed by atoms with van der Waals surface area (Å²) in [6, 6.07) is 10.3. The monoisotopic (exact) mass is 178 g/mol. The Morgan fingerprint density at radius 2 is 1.92 bits per heavy atom. The van der Waals surface area contributed by atoms with Crippen LogP contribution in [-0.4, -0.2) is 4.86 Å². The van der Waals surface area contributed by atoms with Crippen molar-refractivity contribution in [3.63, 3.8) is 0 Å². The molecule has 0 bridgehead atoms. The van der Waals surface area contributed by atoms with Gasteiger partial charge in [0.1, 0.15) is 0 Å². The standard InChI is InChI=1S/C11H14S/c1-2-3-9-11(12)10-7-5-4-6-8-10/h4-8H,2-3,9H2,1H3. The molecule has 0 N–H and O–H groups in total. The van der Waals surface area contributed by atoms with E-state index in [9.17, 15) is 0 Å². The van der Waals surface area contributed by atoms with Crippen molar-refractivity contribution in [3.8, 4) is 0 Å². The van der Waals surface area contributed by atoms with Gasteiger partial charge >= 0.3 is 0 Å². The molecule has 0 aliphatic rings. The molecule has 0 aliphatic heterocycles. The predicted molar refractivity (Wildman–Crippen MR) is 57.7 cm³/mol. The highest BCUT2D eigenvalue weighted by atomic mass is 32.1. The van der Waals surface area contributed by atoms with Crippen LogP contribution in [0.4, 0.5) is 0 Å². The molecule has 1 aromatic rings. The lowest BCUT2D eigenvalue weighted by atomic mass is 10.1. The van der Waals surface area contributed by atoms with Crippen LogP contribution in [0, 0.1) is 0 Å². The topological polar surface area (TPSA) is 0 Å². The number of benzene rings is 1. The molecule has 0 aromatic heterocycles. The van der Waals surface area contributed by atoms with Gasteiger partial charge in [0.05, 0.1) is 0 Å². The summed E-state index contributed by atoms with van der Waals surface area (Å²) in [5.41, 5.74) is 1.21. The Kier molecular flexibility index (Phi) is 3.95. The molecule has 0 spiro atoms. The average molecular weight is 178 g/mol. The van der Waals surface area contributed by atoms with E-state index in [1.165, 1.54) is 18.4 Å². The summed E-state index contributed by atoms with van der Waals surface area (Å²) >= 11 is 5.29. The molecular weight excluding hydrogens is 164 g/mol. The number of thiocarbonyl (C=S) groups is 1. The van der Waals surface area contributed by atoms with Crippen LogP contribution in [0.1, 0.15) is 31.7 Å². The Bertz CT molecular complexity index is 238. The van der Waals surface area contributed by atoms with Crippen LogP contribution < -0.4 is 0 Å².